The molecule has 1 amide bonds. The highest BCUT2D eigenvalue weighted by Crippen LogP contribution is 2.20. The molecule has 1 aliphatic rings. The minimum absolute atomic E-state index is 0.439. The van der Waals surface area contributed by atoms with Gasteiger partial charge in [0, 0.05) is 30.4 Å². The Balaban J connectivity index is 2.03. The molecule has 0 aromatic heterocycles. The van der Waals surface area contributed by atoms with Crippen molar-refractivity contribution in [2.45, 2.75) is 25.4 Å². The van der Waals surface area contributed by atoms with Crippen molar-refractivity contribution >= 4 is 11.6 Å². The number of likely N-dealkylation sites (tertiary alicyclic amines) is 1. The quantitative estimate of drug-likeness (QED) is 0.801. The number of carbonyl (C=O) groups is 1. The van der Waals surface area contributed by atoms with Gasteiger partial charge in [0.25, 0.3) is 0 Å². The van der Waals surface area contributed by atoms with E-state index in [2.05, 4.69) is 23.9 Å². The first-order valence-corrected chi connectivity index (χ1v) is 7.04. The maximum Gasteiger partial charge on any atom is 0.248 e. The largest absolute Gasteiger partial charge is 0.398 e. The summed E-state index contributed by atoms with van der Waals surface area (Å²) in [5, 5.41) is 0. The lowest BCUT2D eigenvalue weighted by Crippen LogP contribution is -2.44. The van der Waals surface area contributed by atoms with Gasteiger partial charge in [0.15, 0.2) is 0 Å². The number of hydrogen-bond donors (Lipinski definition) is 2. The van der Waals surface area contributed by atoms with Gasteiger partial charge in [0.05, 0.1) is 0 Å². The van der Waals surface area contributed by atoms with Crippen molar-refractivity contribution < 1.29 is 4.79 Å². The molecule has 1 fully saturated rings. The minimum Gasteiger partial charge on any atom is -0.398 e. The van der Waals surface area contributed by atoms with E-state index >= 15 is 0 Å². The van der Waals surface area contributed by atoms with Crippen LogP contribution in [0.1, 0.15) is 28.8 Å². The van der Waals surface area contributed by atoms with E-state index in [1.54, 1.807) is 12.1 Å². The number of benzene rings is 1. The maximum absolute atomic E-state index is 11.1. The topological polar surface area (TPSA) is 75.6 Å². The number of anilines is 1. The maximum atomic E-state index is 11.1. The molecule has 1 atom stereocenters. The number of carbonyl (C=O) groups excluding carboxylic acids is 1. The molecule has 5 nitrogen and oxygen atoms in total. The Labute approximate surface area is 120 Å². The number of hydrogen-bond acceptors (Lipinski definition) is 4. The second-order valence-corrected chi connectivity index (χ2v) is 5.75. The summed E-state index contributed by atoms with van der Waals surface area (Å²) in [5.74, 6) is -0.439. The van der Waals surface area contributed by atoms with Gasteiger partial charge in [-0.2, -0.15) is 0 Å². The molecule has 110 valence electrons. The Morgan fingerprint density at radius 2 is 2.25 bits per heavy atom. The first-order chi connectivity index (χ1) is 9.47. The van der Waals surface area contributed by atoms with Crippen LogP contribution in [0.4, 0.5) is 5.69 Å². The highest BCUT2D eigenvalue weighted by atomic mass is 16.1. The number of nitrogens with zero attached hydrogens (tertiary/aromatic N) is 2. The van der Waals surface area contributed by atoms with E-state index in [1.807, 2.05) is 6.07 Å². The smallest absolute Gasteiger partial charge is 0.248 e. The van der Waals surface area contributed by atoms with Crippen molar-refractivity contribution in [2.75, 3.05) is 32.9 Å². The third-order valence-corrected chi connectivity index (χ3v) is 4.07. The molecule has 5 heteroatoms. The van der Waals surface area contributed by atoms with Gasteiger partial charge < -0.3 is 16.4 Å². The van der Waals surface area contributed by atoms with Crippen LogP contribution in [0.15, 0.2) is 18.2 Å². The van der Waals surface area contributed by atoms with Gasteiger partial charge in [0.1, 0.15) is 0 Å². The van der Waals surface area contributed by atoms with Gasteiger partial charge >= 0.3 is 0 Å². The van der Waals surface area contributed by atoms with E-state index in [1.165, 1.54) is 19.4 Å². The SMILES string of the molecule is CN1CCCC(N(C)Cc2ccc(C(N)=O)cc2N)C1. The van der Waals surface area contributed by atoms with Gasteiger partial charge in [-0.15, -0.1) is 0 Å². The highest BCUT2D eigenvalue weighted by Gasteiger charge is 2.21. The van der Waals surface area contributed by atoms with E-state index in [4.69, 9.17) is 11.5 Å². The number of rotatable bonds is 4. The lowest BCUT2D eigenvalue weighted by atomic mass is 10.0. The fourth-order valence-electron chi connectivity index (χ4n) is 2.79. The third-order valence-electron chi connectivity index (χ3n) is 4.07. The summed E-state index contributed by atoms with van der Waals surface area (Å²) < 4.78 is 0. The van der Waals surface area contributed by atoms with E-state index < -0.39 is 5.91 Å². The third kappa shape index (κ3) is 3.49. The summed E-state index contributed by atoms with van der Waals surface area (Å²) in [7, 11) is 4.29. The fraction of sp³-hybridized carbons (Fsp3) is 0.533. The molecule has 1 saturated heterocycles. The molecule has 20 heavy (non-hydrogen) atoms. The lowest BCUT2D eigenvalue weighted by molar-refractivity contribution is 0.1000. The second-order valence-electron chi connectivity index (χ2n) is 5.75. The van der Waals surface area contributed by atoms with Crippen LogP contribution in [0.3, 0.4) is 0 Å². The summed E-state index contributed by atoms with van der Waals surface area (Å²) in [6.07, 6.45) is 2.46. The Kier molecular flexibility index (Phi) is 4.62. The fourth-order valence-corrected chi connectivity index (χ4v) is 2.79. The van der Waals surface area contributed by atoms with Crippen LogP contribution in [-0.2, 0) is 6.54 Å². The molecule has 1 aliphatic heterocycles. The molecule has 1 aromatic carbocycles. The van der Waals surface area contributed by atoms with Crippen molar-refractivity contribution in [1.29, 1.82) is 0 Å². The van der Waals surface area contributed by atoms with Crippen LogP contribution in [-0.4, -0.2) is 48.9 Å². The summed E-state index contributed by atoms with van der Waals surface area (Å²) in [6.45, 7) is 3.07. The molecule has 0 aliphatic carbocycles. The van der Waals surface area contributed by atoms with Crippen LogP contribution in [0.5, 0.6) is 0 Å². The Hall–Kier alpha value is -1.59. The van der Waals surface area contributed by atoms with Crippen molar-refractivity contribution in [1.82, 2.24) is 9.80 Å². The lowest BCUT2D eigenvalue weighted by Gasteiger charge is -2.36. The first kappa shape index (κ1) is 14.8. The van der Waals surface area contributed by atoms with Gasteiger partial charge in [-0.25, -0.2) is 0 Å². The highest BCUT2D eigenvalue weighted by molar-refractivity contribution is 5.93. The average Bonchev–Trinajstić information content (AvgIpc) is 2.40. The zero-order valence-corrected chi connectivity index (χ0v) is 12.3. The van der Waals surface area contributed by atoms with E-state index in [9.17, 15) is 4.79 Å². The Bertz CT molecular complexity index is 489. The number of piperidine rings is 1. The number of amides is 1. The summed E-state index contributed by atoms with van der Waals surface area (Å²) in [6, 6.07) is 5.87. The zero-order chi connectivity index (χ0) is 14.7. The van der Waals surface area contributed by atoms with E-state index in [-0.39, 0.29) is 0 Å². The molecule has 0 spiro atoms. The molecule has 0 bridgehead atoms. The van der Waals surface area contributed by atoms with Crippen LogP contribution in [0, 0.1) is 0 Å². The summed E-state index contributed by atoms with van der Waals surface area (Å²) in [5.41, 5.74) is 13.4. The van der Waals surface area contributed by atoms with Crippen LogP contribution >= 0.6 is 0 Å². The van der Waals surface area contributed by atoms with Crippen LogP contribution in [0.25, 0.3) is 0 Å². The van der Waals surface area contributed by atoms with Crippen LogP contribution in [0.2, 0.25) is 0 Å². The second kappa shape index (κ2) is 6.24. The predicted molar refractivity (Wildman–Crippen MR) is 81.4 cm³/mol. The molecule has 1 aromatic rings. The Morgan fingerprint density at radius 3 is 2.85 bits per heavy atom. The van der Waals surface area contributed by atoms with E-state index in [0.29, 0.717) is 17.3 Å². The van der Waals surface area contributed by atoms with Crippen molar-refractivity contribution in [3.8, 4) is 0 Å². The molecule has 1 unspecified atom stereocenters. The number of likely N-dealkylation sites (N-methyl/N-ethyl adjacent to an activating group) is 2. The standard InChI is InChI=1S/C15H24N4O/c1-18-7-3-4-13(10-18)19(2)9-12-6-5-11(15(17)20)8-14(12)16/h5-6,8,13H,3-4,7,9-10,16H2,1-2H3,(H2,17,20). The molecule has 1 heterocycles. The molecular weight excluding hydrogens is 252 g/mol. The summed E-state index contributed by atoms with van der Waals surface area (Å²) >= 11 is 0. The monoisotopic (exact) mass is 276 g/mol. The first-order valence-electron chi connectivity index (χ1n) is 7.04. The molecule has 0 radical (unpaired) electrons. The molecule has 4 N–H and O–H groups in total. The normalized spacial score (nSPS) is 20.2. The Morgan fingerprint density at radius 1 is 1.50 bits per heavy atom. The van der Waals surface area contributed by atoms with Gasteiger partial charge in [0.2, 0.25) is 5.91 Å². The van der Waals surface area contributed by atoms with Gasteiger partial charge in [-0.05, 0) is 51.2 Å². The number of nitrogen functional groups attached to an aromatic ring is 1. The minimum atomic E-state index is -0.439. The molecular formula is C15H24N4O. The zero-order valence-electron chi connectivity index (χ0n) is 12.3. The number of nitrogens with two attached hydrogens (primary N) is 2. The van der Waals surface area contributed by atoms with Crippen molar-refractivity contribution in [3.05, 3.63) is 29.3 Å². The van der Waals surface area contributed by atoms with Gasteiger partial charge in [-0.3, -0.25) is 9.69 Å². The molecule has 2 rings (SSSR count). The van der Waals surface area contributed by atoms with Gasteiger partial charge in [-0.1, -0.05) is 6.07 Å². The molecule has 0 saturated carbocycles. The van der Waals surface area contributed by atoms with Crippen LogP contribution < -0.4 is 11.5 Å². The number of primary amides is 1. The predicted octanol–water partition coefficient (Wildman–Crippen LogP) is 0.894. The summed E-state index contributed by atoms with van der Waals surface area (Å²) in [4.78, 5) is 15.8. The van der Waals surface area contributed by atoms with E-state index in [0.717, 1.165) is 18.7 Å². The van der Waals surface area contributed by atoms with Crippen molar-refractivity contribution in [2.24, 2.45) is 5.73 Å². The van der Waals surface area contributed by atoms with Crippen molar-refractivity contribution in [3.63, 3.8) is 0 Å². The average molecular weight is 276 g/mol.